The van der Waals surface area contributed by atoms with Crippen LogP contribution >= 0.6 is 11.8 Å². The van der Waals surface area contributed by atoms with Crippen LogP contribution in [0.3, 0.4) is 0 Å². The number of carbonyl (C=O) groups excluding carboxylic acids is 2. The summed E-state index contributed by atoms with van der Waals surface area (Å²) < 4.78 is 0. The van der Waals surface area contributed by atoms with Gasteiger partial charge in [0.15, 0.2) is 0 Å². The number of carbonyl (C=O) groups is 2. The molecule has 2 aliphatic carbocycles. The summed E-state index contributed by atoms with van der Waals surface area (Å²) in [4.78, 5) is 29.6. The number of allylic oxidation sites excluding steroid dienone is 3. The first-order valence-electron chi connectivity index (χ1n) is 12.6. The van der Waals surface area contributed by atoms with Gasteiger partial charge in [-0.1, -0.05) is 49.6 Å². The van der Waals surface area contributed by atoms with Crippen molar-refractivity contribution in [1.82, 2.24) is 5.01 Å². The van der Waals surface area contributed by atoms with Crippen molar-refractivity contribution in [2.75, 3.05) is 11.4 Å². The maximum absolute atomic E-state index is 13.2. The van der Waals surface area contributed by atoms with Gasteiger partial charge in [0.1, 0.15) is 5.76 Å². The van der Waals surface area contributed by atoms with Crippen LogP contribution in [-0.2, 0) is 9.59 Å². The molecular formula is C28H33N3O3S. The van der Waals surface area contributed by atoms with E-state index in [-0.39, 0.29) is 34.2 Å². The van der Waals surface area contributed by atoms with E-state index < -0.39 is 5.54 Å². The number of nitrogens with zero attached hydrogens (tertiary/aromatic N) is 3. The summed E-state index contributed by atoms with van der Waals surface area (Å²) in [5.41, 5.74) is 1.66. The molecule has 0 bridgehead atoms. The zero-order valence-electron chi connectivity index (χ0n) is 20.9. The number of ketones is 1. The molecule has 2 heterocycles. The quantitative estimate of drug-likeness (QED) is 0.503. The van der Waals surface area contributed by atoms with Crippen LogP contribution in [0.5, 0.6) is 0 Å². The average molecular weight is 492 g/mol. The number of rotatable bonds is 5. The number of thioether (sulfide) groups is 1. The Balaban J connectivity index is 1.42. The topological polar surface area (TPSA) is 73.2 Å². The second kappa shape index (κ2) is 9.01. The van der Waals surface area contributed by atoms with Crippen LogP contribution in [0.1, 0.15) is 66.2 Å². The standard InChI is InChI=1S/C28H33N3O3S/c1-17-23(27(34)31(29-17)28(2,3)4)24-25(32)19(26(24)33)16-22-30(15-9-12-18-10-5-6-11-18)20-13-7-8-14-21(20)35-22/h7-8,13-14,16,18,32H,5-6,9-12,15H2,1-4H3/b22-16-,24-23-. The van der Waals surface area contributed by atoms with Crippen LogP contribution in [-0.4, -0.2) is 39.6 Å². The molecule has 5 rings (SSSR count). The molecule has 2 aliphatic heterocycles. The van der Waals surface area contributed by atoms with Gasteiger partial charge in [-0.25, -0.2) is 5.01 Å². The largest absolute Gasteiger partial charge is 0.506 e. The fourth-order valence-corrected chi connectivity index (χ4v) is 6.52. The van der Waals surface area contributed by atoms with Gasteiger partial charge in [0.2, 0.25) is 5.78 Å². The molecule has 1 aromatic rings. The molecule has 0 spiro atoms. The van der Waals surface area contributed by atoms with Gasteiger partial charge in [-0.3, -0.25) is 9.59 Å². The summed E-state index contributed by atoms with van der Waals surface area (Å²) in [5.74, 6) is 0.0844. The van der Waals surface area contributed by atoms with Crippen molar-refractivity contribution in [3.63, 3.8) is 0 Å². The Morgan fingerprint density at radius 2 is 1.86 bits per heavy atom. The number of aliphatic hydroxyl groups excluding tert-OH is 1. The maximum Gasteiger partial charge on any atom is 0.277 e. The third kappa shape index (κ3) is 4.24. The summed E-state index contributed by atoms with van der Waals surface area (Å²) in [7, 11) is 0. The van der Waals surface area contributed by atoms with Crippen LogP contribution in [0, 0.1) is 5.92 Å². The molecule has 6 nitrogen and oxygen atoms in total. The molecule has 184 valence electrons. The number of hydrazone groups is 1. The fourth-order valence-electron chi connectivity index (χ4n) is 5.39. The van der Waals surface area contributed by atoms with Crippen LogP contribution < -0.4 is 4.90 Å². The summed E-state index contributed by atoms with van der Waals surface area (Å²) in [6.45, 7) is 8.25. The number of hydrogen-bond donors (Lipinski definition) is 1. The summed E-state index contributed by atoms with van der Waals surface area (Å²) in [6.07, 6.45) is 9.50. The molecular weight excluding hydrogens is 458 g/mol. The van der Waals surface area contributed by atoms with Crippen molar-refractivity contribution in [1.29, 1.82) is 0 Å². The Morgan fingerprint density at radius 3 is 2.51 bits per heavy atom. The van der Waals surface area contributed by atoms with E-state index in [2.05, 4.69) is 22.1 Å². The predicted octanol–water partition coefficient (Wildman–Crippen LogP) is 6.12. The molecule has 1 N–H and O–H groups in total. The van der Waals surface area contributed by atoms with Gasteiger partial charge in [0, 0.05) is 11.4 Å². The fraction of sp³-hybridized carbons (Fsp3) is 0.464. The zero-order valence-corrected chi connectivity index (χ0v) is 21.7. The lowest BCUT2D eigenvalue weighted by molar-refractivity contribution is -0.130. The minimum absolute atomic E-state index is 0.0862. The first-order chi connectivity index (χ1) is 16.7. The van der Waals surface area contributed by atoms with E-state index in [1.165, 1.54) is 37.1 Å². The lowest BCUT2D eigenvalue weighted by atomic mass is 9.83. The third-order valence-corrected chi connectivity index (χ3v) is 8.35. The molecule has 0 atom stereocenters. The molecule has 0 unspecified atom stereocenters. The van der Waals surface area contributed by atoms with Gasteiger partial charge in [-0.15, -0.1) is 0 Å². The van der Waals surface area contributed by atoms with Gasteiger partial charge in [0.05, 0.1) is 38.7 Å². The predicted molar refractivity (Wildman–Crippen MR) is 140 cm³/mol. The minimum atomic E-state index is -0.511. The number of fused-ring (bicyclic) bond motifs is 1. The highest BCUT2D eigenvalue weighted by Crippen LogP contribution is 2.48. The Labute approximate surface area is 211 Å². The number of Topliss-reactive ketones (excluding diaryl/α,β-unsaturated/α-hetero) is 1. The first-order valence-corrected chi connectivity index (χ1v) is 13.4. The summed E-state index contributed by atoms with van der Waals surface area (Å²) in [5, 5.41) is 17.6. The second-order valence-corrected chi connectivity index (χ2v) is 11.9. The number of para-hydroxylation sites is 1. The molecule has 0 radical (unpaired) electrons. The van der Waals surface area contributed by atoms with E-state index in [4.69, 9.17) is 0 Å². The van der Waals surface area contributed by atoms with Crippen molar-refractivity contribution in [3.05, 3.63) is 57.8 Å². The lowest BCUT2D eigenvalue weighted by Gasteiger charge is -2.28. The molecule has 1 aromatic carbocycles. The Hall–Kier alpha value is -2.80. The van der Waals surface area contributed by atoms with Gasteiger partial charge in [0.25, 0.3) is 5.91 Å². The molecule has 7 heteroatoms. The average Bonchev–Trinajstić information content (AvgIpc) is 3.52. The van der Waals surface area contributed by atoms with Crippen molar-refractivity contribution in [2.45, 2.75) is 76.7 Å². The molecule has 1 saturated carbocycles. The van der Waals surface area contributed by atoms with Crippen LogP contribution in [0.4, 0.5) is 5.69 Å². The number of anilines is 1. The molecule has 4 aliphatic rings. The molecule has 0 aromatic heterocycles. The smallest absolute Gasteiger partial charge is 0.277 e. The zero-order chi connectivity index (χ0) is 24.9. The number of aliphatic hydroxyl groups is 1. The maximum atomic E-state index is 13.2. The Morgan fingerprint density at radius 1 is 1.14 bits per heavy atom. The van der Waals surface area contributed by atoms with E-state index in [0.717, 1.165) is 34.5 Å². The highest BCUT2D eigenvalue weighted by atomic mass is 32.2. The third-order valence-electron chi connectivity index (χ3n) is 7.24. The van der Waals surface area contributed by atoms with E-state index >= 15 is 0 Å². The van der Waals surface area contributed by atoms with Crippen molar-refractivity contribution < 1.29 is 14.7 Å². The van der Waals surface area contributed by atoms with Crippen molar-refractivity contribution >= 4 is 34.9 Å². The van der Waals surface area contributed by atoms with Gasteiger partial charge < -0.3 is 10.0 Å². The van der Waals surface area contributed by atoms with Crippen LogP contribution in [0.2, 0.25) is 0 Å². The van der Waals surface area contributed by atoms with E-state index in [1.807, 2.05) is 32.9 Å². The van der Waals surface area contributed by atoms with Gasteiger partial charge in [-0.2, -0.15) is 5.10 Å². The Kier molecular flexibility index (Phi) is 6.16. The normalized spacial score (nSPS) is 24.1. The highest BCUT2D eigenvalue weighted by Gasteiger charge is 2.44. The van der Waals surface area contributed by atoms with Gasteiger partial charge in [-0.05, 0) is 64.7 Å². The number of amides is 1. The van der Waals surface area contributed by atoms with Gasteiger partial charge >= 0.3 is 0 Å². The highest BCUT2D eigenvalue weighted by molar-refractivity contribution is 8.03. The van der Waals surface area contributed by atoms with Crippen molar-refractivity contribution in [2.24, 2.45) is 11.0 Å². The lowest BCUT2D eigenvalue weighted by Crippen LogP contribution is -2.40. The number of hydrogen-bond acceptors (Lipinski definition) is 6. The summed E-state index contributed by atoms with van der Waals surface area (Å²) in [6, 6.07) is 8.26. The second-order valence-electron chi connectivity index (χ2n) is 10.8. The Bertz CT molecular complexity index is 1210. The molecule has 1 fully saturated rings. The van der Waals surface area contributed by atoms with Crippen LogP contribution in [0.25, 0.3) is 0 Å². The van der Waals surface area contributed by atoms with E-state index in [9.17, 15) is 14.7 Å². The number of benzene rings is 1. The SMILES string of the molecule is CC1=NN(C(C)(C)C)C(=O)/C1=C1\C(=O)C(/C=C2\Sc3ccccc3N2CCCC2CCCC2)=C1O. The van der Waals surface area contributed by atoms with E-state index in [1.54, 1.807) is 24.8 Å². The van der Waals surface area contributed by atoms with Crippen molar-refractivity contribution in [3.8, 4) is 0 Å². The molecule has 35 heavy (non-hydrogen) atoms. The first kappa shape index (κ1) is 23.9. The summed E-state index contributed by atoms with van der Waals surface area (Å²) >= 11 is 1.62. The molecule has 1 amide bonds. The van der Waals surface area contributed by atoms with Crippen LogP contribution in [0.15, 0.2) is 67.8 Å². The monoisotopic (exact) mass is 491 g/mol. The minimum Gasteiger partial charge on any atom is -0.506 e. The molecule has 0 saturated heterocycles. The van der Waals surface area contributed by atoms with E-state index in [0.29, 0.717) is 5.71 Å².